The average Bonchev–Trinajstić information content (AvgIpc) is 2.38. The van der Waals surface area contributed by atoms with Crippen LogP contribution in [0.4, 0.5) is 5.95 Å². The minimum absolute atomic E-state index is 0.0259. The van der Waals surface area contributed by atoms with Gasteiger partial charge < -0.3 is 15.4 Å². The quantitative estimate of drug-likeness (QED) is 0.607. The van der Waals surface area contributed by atoms with Crippen LogP contribution in [-0.4, -0.2) is 41.6 Å². The number of hydrogen-bond acceptors (Lipinski definition) is 5. The number of aromatic nitrogens is 2. The number of hydrogen-bond donors (Lipinski definition) is 2. The summed E-state index contributed by atoms with van der Waals surface area (Å²) in [5.41, 5.74) is 6.79. The Bertz CT molecular complexity index is 448. The van der Waals surface area contributed by atoms with Gasteiger partial charge in [-0.2, -0.15) is 0 Å². The van der Waals surface area contributed by atoms with E-state index in [9.17, 15) is 0 Å². The van der Waals surface area contributed by atoms with E-state index in [1.54, 1.807) is 6.07 Å². The van der Waals surface area contributed by atoms with Crippen LogP contribution in [0.2, 0.25) is 0 Å². The molecule has 6 nitrogen and oxygen atoms in total. The van der Waals surface area contributed by atoms with Gasteiger partial charge in [-0.05, 0) is 19.4 Å². The van der Waals surface area contributed by atoms with Crippen molar-refractivity contribution in [2.45, 2.75) is 26.4 Å². The number of nitrogens with two attached hydrogens (primary N) is 1. The Morgan fingerprint density at radius 3 is 3.06 bits per heavy atom. The van der Waals surface area contributed by atoms with Crippen LogP contribution in [0.25, 0.3) is 0 Å². The van der Waals surface area contributed by atoms with Gasteiger partial charge in [0.25, 0.3) is 0 Å². The summed E-state index contributed by atoms with van der Waals surface area (Å²) in [7, 11) is 0. The molecule has 98 valence electrons. The molecule has 1 aromatic rings. The molecule has 0 spiro atoms. The normalized spacial score (nSPS) is 19.9. The summed E-state index contributed by atoms with van der Waals surface area (Å²) in [6.45, 7) is 6.24. The number of nitrogen functional groups attached to an aromatic ring is 1. The highest BCUT2D eigenvalue weighted by atomic mass is 16.5. The number of nitrogens with zero attached hydrogens (tertiary/aromatic N) is 3. The lowest BCUT2D eigenvalue weighted by atomic mass is 10.2. The maximum atomic E-state index is 7.46. The molecule has 1 fully saturated rings. The van der Waals surface area contributed by atoms with Crippen LogP contribution < -0.4 is 10.6 Å². The largest absolute Gasteiger partial charge is 0.382 e. The molecule has 0 aliphatic carbocycles. The van der Waals surface area contributed by atoms with Crippen LogP contribution in [0.1, 0.15) is 24.7 Å². The molecule has 0 saturated carbocycles. The Morgan fingerprint density at radius 1 is 1.61 bits per heavy atom. The topological polar surface area (TPSA) is 88.1 Å². The van der Waals surface area contributed by atoms with E-state index in [4.69, 9.17) is 15.9 Å². The summed E-state index contributed by atoms with van der Waals surface area (Å²) in [5.74, 6) is 0.615. The molecule has 6 heteroatoms. The van der Waals surface area contributed by atoms with Gasteiger partial charge in [0, 0.05) is 18.8 Å². The number of ether oxygens (including phenoxy) is 1. The Labute approximate surface area is 107 Å². The number of anilines is 1. The molecule has 2 heterocycles. The maximum absolute atomic E-state index is 7.46. The van der Waals surface area contributed by atoms with E-state index in [1.165, 1.54) is 0 Å². The highest BCUT2D eigenvalue weighted by Gasteiger charge is 2.21. The third-order valence-corrected chi connectivity index (χ3v) is 3.00. The molecule has 1 saturated heterocycles. The summed E-state index contributed by atoms with van der Waals surface area (Å²) in [6.07, 6.45) is 1.20. The van der Waals surface area contributed by atoms with E-state index < -0.39 is 0 Å². The molecule has 1 aromatic heterocycles. The zero-order valence-electron chi connectivity index (χ0n) is 10.8. The monoisotopic (exact) mass is 249 g/mol. The number of amidine groups is 1. The van der Waals surface area contributed by atoms with Crippen molar-refractivity contribution >= 4 is 11.8 Å². The Hall–Kier alpha value is -1.69. The number of rotatable bonds is 3. The van der Waals surface area contributed by atoms with E-state index >= 15 is 0 Å². The van der Waals surface area contributed by atoms with Crippen molar-refractivity contribution in [1.29, 1.82) is 5.41 Å². The van der Waals surface area contributed by atoms with Crippen molar-refractivity contribution in [2.24, 2.45) is 5.73 Å². The molecule has 1 unspecified atom stereocenters. The second-order valence-electron chi connectivity index (χ2n) is 4.46. The smallest absolute Gasteiger partial charge is 0.226 e. The fourth-order valence-electron chi connectivity index (χ4n) is 1.98. The maximum Gasteiger partial charge on any atom is 0.226 e. The summed E-state index contributed by atoms with van der Waals surface area (Å²) in [6, 6.07) is 1.73. The van der Waals surface area contributed by atoms with Crippen LogP contribution >= 0.6 is 0 Å². The Kier molecular flexibility index (Phi) is 3.76. The minimum atomic E-state index is -0.0259. The van der Waals surface area contributed by atoms with Gasteiger partial charge in [0.1, 0.15) is 11.5 Å². The lowest BCUT2D eigenvalue weighted by Gasteiger charge is -2.32. The lowest BCUT2D eigenvalue weighted by molar-refractivity contribution is 0.0378. The summed E-state index contributed by atoms with van der Waals surface area (Å²) < 4.78 is 5.62. The van der Waals surface area contributed by atoms with Crippen LogP contribution in [-0.2, 0) is 4.74 Å². The molecule has 2 rings (SSSR count). The van der Waals surface area contributed by atoms with Crippen molar-refractivity contribution < 1.29 is 4.74 Å². The SMILES string of the molecule is CCC1CN(c2nc(C)cc(C(=N)N)n2)CCO1. The standard InChI is InChI=1S/C12H19N5O/c1-3-9-7-17(4-5-18-9)12-15-8(2)6-10(16-12)11(13)14/h6,9H,3-5,7H2,1-2H3,(H3,13,14). The van der Waals surface area contributed by atoms with E-state index in [-0.39, 0.29) is 11.9 Å². The molecule has 0 aromatic carbocycles. The van der Waals surface area contributed by atoms with Crippen molar-refractivity contribution in [1.82, 2.24) is 9.97 Å². The van der Waals surface area contributed by atoms with Crippen LogP contribution in [0.5, 0.6) is 0 Å². The van der Waals surface area contributed by atoms with Gasteiger partial charge >= 0.3 is 0 Å². The molecular formula is C12H19N5O. The zero-order chi connectivity index (χ0) is 13.1. The van der Waals surface area contributed by atoms with Gasteiger partial charge in [0.15, 0.2) is 0 Å². The number of nitrogens with one attached hydrogen (secondary N) is 1. The molecule has 0 amide bonds. The van der Waals surface area contributed by atoms with Crippen molar-refractivity contribution in [3.63, 3.8) is 0 Å². The Balaban J connectivity index is 2.24. The van der Waals surface area contributed by atoms with E-state index in [0.29, 0.717) is 18.2 Å². The second-order valence-corrected chi connectivity index (χ2v) is 4.46. The third kappa shape index (κ3) is 2.76. The molecule has 18 heavy (non-hydrogen) atoms. The first kappa shape index (κ1) is 12.8. The first-order chi connectivity index (χ1) is 8.60. The first-order valence-electron chi connectivity index (χ1n) is 6.16. The predicted molar refractivity (Wildman–Crippen MR) is 70.0 cm³/mol. The molecule has 3 N–H and O–H groups in total. The lowest BCUT2D eigenvalue weighted by Crippen LogP contribution is -2.43. The van der Waals surface area contributed by atoms with Crippen LogP contribution in [0.15, 0.2) is 6.07 Å². The van der Waals surface area contributed by atoms with Gasteiger partial charge in [-0.1, -0.05) is 6.92 Å². The minimum Gasteiger partial charge on any atom is -0.382 e. The summed E-state index contributed by atoms with van der Waals surface area (Å²) >= 11 is 0. The first-order valence-corrected chi connectivity index (χ1v) is 6.16. The Morgan fingerprint density at radius 2 is 2.39 bits per heavy atom. The van der Waals surface area contributed by atoms with Crippen LogP contribution in [0.3, 0.4) is 0 Å². The van der Waals surface area contributed by atoms with Gasteiger partial charge in [-0.15, -0.1) is 0 Å². The molecule has 0 radical (unpaired) electrons. The summed E-state index contributed by atoms with van der Waals surface area (Å²) in [5, 5.41) is 7.46. The molecule has 0 bridgehead atoms. The van der Waals surface area contributed by atoms with Crippen molar-refractivity contribution in [2.75, 3.05) is 24.6 Å². The van der Waals surface area contributed by atoms with Gasteiger partial charge in [0.05, 0.1) is 12.7 Å². The highest BCUT2D eigenvalue weighted by Crippen LogP contribution is 2.15. The van der Waals surface area contributed by atoms with E-state index in [2.05, 4.69) is 21.8 Å². The molecule has 1 atom stereocenters. The predicted octanol–water partition coefficient (Wildman–Crippen LogP) is 0.684. The third-order valence-electron chi connectivity index (χ3n) is 3.00. The fourth-order valence-corrected chi connectivity index (χ4v) is 1.98. The fraction of sp³-hybridized carbons (Fsp3) is 0.583. The second kappa shape index (κ2) is 5.30. The number of aryl methyl sites for hydroxylation is 1. The van der Waals surface area contributed by atoms with Crippen molar-refractivity contribution in [3.8, 4) is 0 Å². The number of morpholine rings is 1. The van der Waals surface area contributed by atoms with Gasteiger partial charge in [0.2, 0.25) is 5.95 Å². The highest BCUT2D eigenvalue weighted by molar-refractivity contribution is 5.93. The molecule has 1 aliphatic heterocycles. The van der Waals surface area contributed by atoms with Gasteiger partial charge in [-0.3, -0.25) is 5.41 Å². The van der Waals surface area contributed by atoms with E-state index in [1.807, 2.05) is 6.92 Å². The van der Waals surface area contributed by atoms with Crippen LogP contribution in [0, 0.1) is 12.3 Å². The van der Waals surface area contributed by atoms with Crippen molar-refractivity contribution in [3.05, 3.63) is 17.5 Å². The van der Waals surface area contributed by atoms with Gasteiger partial charge in [-0.25, -0.2) is 9.97 Å². The molecule has 1 aliphatic rings. The molecular weight excluding hydrogens is 230 g/mol. The average molecular weight is 249 g/mol. The van der Waals surface area contributed by atoms with E-state index in [0.717, 1.165) is 25.2 Å². The summed E-state index contributed by atoms with van der Waals surface area (Å²) in [4.78, 5) is 10.8. The zero-order valence-corrected chi connectivity index (χ0v) is 10.8.